The second kappa shape index (κ2) is 8.80. The molecule has 0 atom stereocenters. The summed E-state index contributed by atoms with van der Waals surface area (Å²) in [6.45, 7) is 2.64. The molecule has 6 heteroatoms. The highest BCUT2D eigenvalue weighted by Gasteiger charge is 2.08. The smallest absolute Gasteiger partial charge is 0.251 e. The summed E-state index contributed by atoms with van der Waals surface area (Å²) in [6.07, 6.45) is 3.84. The van der Waals surface area contributed by atoms with Crippen LogP contribution < -0.4 is 10.6 Å². The van der Waals surface area contributed by atoms with Crippen molar-refractivity contribution in [2.45, 2.75) is 19.9 Å². The van der Waals surface area contributed by atoms with Gasteiger partial charge in [-0.15, -0.1) is 0 Å². The van der Waals surface area contributed by atoms with Gasteiger partial charge in [0.1, 0.15) is 0 Å². The molecule has 3 rings (SSSR count). The molecule has 138 valence electrons. The molecular weight excluding hydrogens is 340 g/mol. The molecule has 2 amide bonds. The quantitative estimate of drug-likeness (QED) is 0.678. The summed E-state index contributed by atoms with van der Waals surface area (Å²) in [5.74, 6) is -0.258. The molecule has 3 aromatic rings. The van der Waals surface area contributed by atoms with E-state index < -0.39 is 0 Å². The van der Waals surface area contributed by atoms with Crippen LogP contribution >= 0.6 is 0 Å². The molecule has 27 heavy (non-hydrogen) atoms. The Balaban J connectivity index is 1.41. The molecule has 0 aliphatic heterocycles. The number of nitrogens with zero attached hydrogens (tertiary/aromatic N) is 2. The van der Waals surface area contributed by atoms with Crippen LogP contribution in [0.15, 0.2) is 67.0 Å². The standard InChI is InChI=1S/C21H22N4O2/c1-16-5-2-3-6-19(16)21(27)22-13-11-20(26)23-15-17-7-9-18(10-8-17)25-14-4-12-24-25/h2-10,12,14H,11,13,15H2,1H3,(H,22,27)(H,23,26). The largest absolute Gasteiger partial charge is 0.352 e. The zero-order valence-corrected chi connectivity index (χ0v) is 15.2. The second-order valence-electron chi connectivity index (χ2n) is 6.21. The van der Waals surface area contributed by atoms with Crippen LogP contribution in [-0.4, -0.2) is 28.1 Å². The monoisotopic (exact) mass is 362 g/mol. The fraction of sp³-hybridized carbons (Fsp3) is 0.190. The molecule has 0 spiro atoms. The van der Waals surface area contributed by atoms with E-state index in [1.165, 1.54) is 0 Å². The third-order valence-corrected chi connectivity index (χ3v) is 4.22. The van der Waals surface area contributed by atoms with Crippen LogP contribution in [0.3, 0.4) is 0 Å². The molecular formula is C21H22N4O2. The van der Waals surface area contributed by atoms with E-state index in [9.17, 15) is 9.59 Å². The molecule has 2 N–H and O–H groups in total. The number of nitrogens with one attached hydrogen (secondary N) is 2. The van der Waals surface area contributed by atoms with Gasteiger partial charge in [0.15, 0.2) is 0 Å². The van der Waals surface area contributed by atoms with Gasteiger partial charge in [0.05, 0.1) is 5.69 Å². The van der Waals surface area contributed by atoms with E-state index in [1.54, 1.807) is 16.9 Å². The number of aryl methyl sites for hydroxylation is 1. The first-order valence-electron chi connectivity index (χ1n) is 8.83. The van der Waals surface area contributed by atoms with Crippen LogP contribution in [-0.2, 0) is 11.3 Å². The summed E-state index contributed by atoms with van der Waals surface area (Å²) in [5.41, 5.74) is 3.52. The number of amides is 2. The Morgan fingerprint density at radius 2 is 1.78 bits per heavy atom. The minimum absolute atomic E-state index is 0.101. The molecule has 0 unspecified atom stereocenters. The van der Waals surface area contributed by atoms with E-state index >= 15 is 0 Å². The first-order chi connectivity index (χ1) is 13.1. The molecule has 0 bridgehead atoms. The molecule has 0 radical (unpaired) electrons. The van der Waals surface area contributed by atoms with Crippen molar-refractivity contribution in [3.63, 3.8) is 0 Å². The van der Waals surface area contributed by atoms with Crippen molar-refractivity contribution in [2.24, 2.45) is 0 Å². The number of aromatic nitrogens is 2. The average Bonchev–Trinajstić information content (AvgIpc) is 3.22. The topological polar surface area (TPSA) is 76.0 Å². The normalized spacial score (nSPS) is 10.4. The zero-order chi connectivity index (χ0) is 19.1. The van der Waals surface area contributed by atoms with Gasteiger partial charge >= 0.3 is 0 Å². The Labute approximate surface area is 158 Å². The van der Waals surface area contributed by atoms with Gasteiger partial charge in [-0.3, -0.25) is 9.59 Å². The van der Waals surface area contributed by atoms with E-state index in [1.807, 2.05) is 61.7 Å². The SMILES string of the molecule is Cc1ccccc1C(=O)NCCC(=O)NCc1ccc(-n2cccn2)cc1. The van der Waals surface area contributed by atoms with E-state index in [0.717, 1.165) is 16.8 Å². The van der Waals surface area contributed by atoms with Crippen molar-refractivity contribution in [3.05, 3.63) is 83.7 Å². The van der Waals surface area contributed by atoms with E-state index in [-0.39, 0.29) is 18.2 Å². The number of hydrogen-bond donors (Lipinski definition) is 2. The van der Waals surface area contributed by atoms with Crippen molar-refractivity contribution in [2.75, 3.05) is 6.54 Å². The highest BCUT2D eigenvalue weighted by Crippen LogP contribution is 2.09. The fourth-order valence-corrected chi connectivity index (χ4v) is 2.69. The van der Waals surface area contributed by atoms with Gasteiger partial charge < -0.3 is 10.6 Å². The van der Waals surface area contributed by atoms with Gasteiger partial charge in [0, 0.05) is 37.5 Å². The van der Waals surface area contributed by atoms with Crippen molar-refractivity contribution < 1.29 is 9.59 Å². The maximum absolute atomic E-state index is 12.1. The van der Waals surface area contributed by atoms with Crippen molar-refractivity contribution in [1.29, 1.82) is 0 Å². The molecule has 0 aliphatic carbocycles. The first kappa shape index (κ1) is 18.4. The third-order valence-electron chi connectivity index (χ3n) is 4.22. The second-order valence-corrected chi connectivity index (χ2v) is 6.21. The van der Waals surface area contributed by atoms with Crippen LogP contribution in [0.5, 0.6) is 0 Å². The van der Waals surface area contributed by atoms with E-state index in [0.29, 0.717) is 18.7 Å². The van der Waals surface area contributed by atoms with Crippen molar-refractivity contribution in [1.82, 2.24) is 20.4 Å². The minimum atomic E-state index is -0.157. The summed E-state index contributed by atoms with van der Waals surface area (Å²) in [7, 11) is 0. The molecule has 6 nitrogen and oxygen atoms in total. The summed E-state index contributed by atoms with van der Waals surface area (Å²) in [6, 6.07) is 17.1. The van der Waals surface area contributed by atoms with E-state index in [4.69, 9.17) is 0 Å². The molecule has 0 fully saturated rings. The van der Waals surface area contributed by atoms with Gasteiger partial charge in [-0.1, -0.05) is 30.3 Å². The molecule has 1 heterocycles. The Hall–Kier alpha value is -3.41. The summed E-state index contributed by atoms with van der Waals surface area (Å²) < 4.78 is 1.78. The van der Waals surface area contributed by atoms with Crippen molar-refractivity contribution in [3.8, 4) is 5.69 Å². The Morgan fingerprint density at radius 3 is 2.48 bits per heavy atom. The Morgan fingerprint density at radius 1 is 1.00 bits per heavy atom. The number of carbonyl (C=O) groups is 2. The maximum Gasteiger partial charge on any atom is 0.251 e. The number of hydrogen-bond acceptors (Lipinski definition) is 3. The number of benzene rings is 2. The summed E-state index contributed by atoms with van der Waals surface area (Å²) in [5, 5.41) is 9.83. The Kier molecular flexibility index (Phi) is 5.99. The number of rotatable bonds is 7. The van der Waals surface area contributed by atoms with Crippen LogP contribution in [0.25, 0.3) is 5.69 Å². The lowest BCUT2D eigenvalue weighted by atomic mass is 10.1. The highest BCUT2D eigenvalue weighted by atomic mass is 16.2. The van der Waals surface area contributed by atoms with Gasteiger partial charge in [-0.2, -0.15) is 5.10 Å². The number of carbonyl (C=O) groups excluding carboxylic acids is 2. The van der Waals surface area contributed by atoms with Gasteiger partial charge in [-0.25, -0.2) is 4.68 Å². The molecule has 0 aliphatic rings. The van der Waals surface area contributed by atoms with Gasteiger partial charge in [-0.05, 0) is 42.3 Å². The zero-order valence-electron chi connectivity index (χ0n) is 15.2. The third kappa shape index (κ3) is 5.04. The molecule has 0 saturated heterocycles. The molecule has 2 aromatic carbocycles. The molecule has 1 aromatic heterocycles. The van der Waals surface area contributed by atoms with Crippen LogP contribution in [0.2, 0.25) is 0 Å². The lowest BCUT2D eigenvalue weighted by Gasteiger charge is -2.09. The highest BCUT2D eigenvalue weighted by molar-refractivity contribution is 5.95. The lowest BCUT2D eigenvalue weighted by molar-refractivity contribution is -0.121. The first-order valence-corrected chi connectivity index (χ1v) is 8.83. The molecule has 0 saturated carbocycles. The fourth-order valence-electron chi connectivity index (χ4n) is 2.69. The summed E-state index contributed by atoms with van der Waals surface area (Å²) in [4.78, 5) is 24.1. The van der Waals surface area contributed by atoms with Crippen LogP contribution in [0, 0.1) is 6.92 Å². The average molecular weight is 362 g/mol. The lowest BCUT2D eigenvalue weighted by Crippen LogP contribution is -2.30. The van der Waals surface area contributed by atoms with Crippen LogP contribution in [0.4, 0.5) is 0 Å². The Bertz CT molecular complexity index is 902. The van der Waals surface area contributed by atoms with Crippen molar-refractivity contribution >= 4 is 11.8 Å². The van der Waals surface area contributed by atoms with Crippen LogP contribution in [0.1, 0.15) is 27.9 Å². The maximum atomic E-state index is 12.1. The predicted molar refractivity (Wildman–Crippen MR) is 104 cm³/mol. The predicted octanol–water partition coefficient (Wildman–Crippen LogP) is 2.62. The van der Waals surface area contributed by atoms with Gasteiger partial charge in [0.25, 0.3) is 5.91 Å². The summed E-state index contributed by atoms with van der Waals surface area (Å²) >= 11 is 0. The van der Waals surface area contributed by atoms with E-state index in [2.05, 4.69) is 15.7 Å². The van der Waals surface area contributed by atoms with Gasteiger partial charge in [0.2, 0.25) is 5.91 Å². The minimum Gasteiger partial charge on any atom is -0.352 e.